The summed E-state index contributed by atoms with van der Waals surface area (Å²) in [5.74, 6) is -0.548. The summed E-state index contributed by atoms with van der Waals surface area (Å²) in [4.78, 5) is 19.9. The summed E-state index contributed by atoms with van der Waals surface area (Å²) in [7, 11) is 0. The molecule has 5 nitrogen and oxygen atoms in total. The van der Waals surface area contributed by atoms with Crippen LogP contribution in [-0.4, -0.2) is 25.6 Å². The van der Waals surface area contributed by atoms with Crippen molar-refractivity contribution in [1.29, 1.82) is 0 Å². The Morgan fingerprint density at radius 3 is 2.46 bits per heavy atom. The Kier molecular flexibility index (Phi) is 5.08. The monoisotopic (exact) mass is 393 g/mol. The molecular formula is C21H16FN3O2S. The van der Waals surface area contributed by atoms with E-state index in [1.165, 1.54) is 12.1 Å². The number of thioether (sulfide) groups is 1. The lowest BCUT2D eigenvalue weighted by atomic mass is 10.1. The van der Waals surface area contributed by atoms with E-state index in [9.17, 15) is 9.18 Å². The summed E-state index contributed by atoms with van der Waals surface area (Å²) in [5, 5.41) is 9.84. The molecule has 0 aliphatic heterocycles. The lowest BCUT2D eigenvalue weighted by molar-refractivity contribution is 0.0697. The number of nitrogens with zero attached hydrogens (tertiary/aromatic N) is 3. The van der Waals surface area contributed by atoms with Crippen LogP contribution in [0.25, 0.3) is 11.0 Å². The number of carboxylic acid groups (broad SMARTS) is 1. The van der Waals surface area contributed by atoms with Gasteiger partial charge in [0.1, 0.15) is 5.82 Å². The summed E-state index contributed by atoms with van der Waals surface area (Å²) >= 11 is 1.57. The van der Waals surface area contributed by atoms with Gasteiger partial charge in [-0.15, -0.1) is 0 Å². The van der Waals surface area contributed by atoms with Crippen LogP contribution < -0.4 is 0 Å². The van der Waals surface area contributed by atoms with E-state index in [1.54, 1.807) is 48.4 Å². The molecule has 7 heteroatoms. The second kappa shape index (κ2) is 7.82. The first-order chi connectivity index (χ1) is 13.6. The number of pyridine rings is 1. The SMILES string of the molecule is O=C(O)c1ccc(CSc2nc3ccncc3n2Cc2ccc(F)cc2)cc1. The maximum absolute atomic E-state index is 13.2. The first kappa shape index (κ1) is 18.2. The molecule has 0 radical (unpaired) electrons. The van der Waals surface area contributed by atoms with Crippen molar-refractivity contribution < 1.29 is 14.3 Å². The van der Waals surface area contributed by atoms with E-state index in [0.717, 1.165) is 27.3 Å². The fourth-order valence-electron chi connectivity index (χ4n) is 2.87. The lowest BCUT2D eigenvalue weighted by Gasteiger charge is -2.09. The van der Waals surface area contributed by atoms with Crippen molar-refractivity contribution >= 4 is 28.8 Å². The van der Waals surface area contributed by atoms with Gasteiger partial charge in [-0.1, -0.05) is 36.0 Å². The Bertz CT molecular complexity index is 1120. The summed E-state index contributed by atoms with van der Waals surface area (Å²) in [6.07, 6.45) is 3.48. The third-order valence-corrected chi connectivity index (χ3v) is 5.39. The molecule has 4 aromatic rings. The lowest BCUT2D eigenvalue weighted by Crippen LogP contribution is -2.02. The third-order valence-electron chi connectivity index (χ3n) is 4.34. The van der Waals surface area contributed by atoms with Crippen molar-refractivity contribution in [2.24, 2.45) is 0 Å². The molecule has 0 spiro atoms. The predicted molar refractivity (Wildman–Crippen MR) is 106 cm³/mol. The van der Waals surface area contributed by atoms with Crippen LogP contribution in [0, 0.1) is 5.82 Å². The quantitative estimate of drug-likeness (QED) is 0.485. The normalized spacial score (nSPS) is 11.0. The van der Waals surface area contributed by atoms with Crippen LogP contribution in [0.1, 0.15) is 21.5 Å². The maximum atomic E-state index is 13.2. The van der Waals surface area contributed by atoms with Crippen molar-refractivity contribution in [3.8, 4) is 0 Å². The molecule has 0 atom stereocenters. The fourth-order valence-corrected chi connectivity index (χ4v) is 3.84. The number of aromatic nitrogens is 3. The van der Waals surface area contributed by atoms with E-state index in [1.807, 2.05) is 18.2 Å². The Morgan fingerprint density at radius 1 is 1.04 bits per heavy atom. The summed E-state index contributed by atoms with van der Waals surface area (Å²) in [6, 6.07) is 15.1. The van der Waals surface area contributed by atoms with Gasteiger partial charge in [-0.2, -0.15) is 0 Å². The molecule has 0 bridgehead atoms. The van der Waals surface area contributed by atoms with E-state index < -0.39 is 5.97 Å². The smallest absolute Gasteiger partial charge is 0.335 e. The molecular weight excluding hydrogens is 377 g/mol. The van der Waals surface area contributed by atoms with Crippen molar-refractivity contribution in [2.45, 2.75) is 17.5 Å². The molecule has 0 aliphatic carbocycles. The number of carboxylic acids is 1. The van der Waals surface area contributed by atoms with E-state index >= 15 is 0 Å². The van der Waals surface area contributed by atoms with Gasteiger partial charge in [-0.25, -0.2) is 14.2 Å². The Balaban J connectivity index is 1.60. The first-order valence-corrected chi connectivity index (χ1v) is 9.58. The van der Waals surface area contributed by atoms with Crippen molar-refractivity contribution in [3.05, 3.63) is 89.5 Å². The number of imidazole rings is 1. The average molecular weight is 393 g/mol. The zero-order valence-corrected chi connectivity index (χ0v) is 15.6. The molecule has 2 heterocycles. The van der Waals surface area contributed by atoms with Crippen LogP contribution in [0.3, 0.4) is 0 Å². The van der Waals surface area contributed by atoms with Gasteiger partial charge >= 0.3 is 5.97 Å². The summed E-state index contributed by atoms with van der Waals surface area (Å²) in [5.41, 5.74) is 4.01. The molecule has 0 saturated carbocycles. The van der Waals surface area contributed by atoms with Gasteiger partial charge in [0.25, 0.3) is 0 Å². The van der Waals surface area contributed by atoms with E-state index in [2.05, 4.69) is 9.55 Å². The van der Waals surface area contributed by atoms with Gasteiger partial charge in [-0.3, -0.25) is 4.98 Å². The second-order valence-corrected chi connectivity index (χ2v) is 7.20. The van der Waals surface area contributed by atoms with Crippen LogP contribution in [0.15, 0.2) is 72.1 Å². The first-order valence-electron chi connectivity index (χ1n) is 8.60. The number of aromatic carboxylic acids is 1. The van der Waals surface area contributed by atoms with Crippen LogP contribution in [0.4, 0.5) is 4.39 Å². The molecule has 140 valence electrons. The van der Waals surface area contributed by atoms with Crippen molar-refractivity contribution in [2.75, 3.05) is 0 Å². The number of hydrogen-bond donors (Lipinski definition) is 1. The van der Waals surface area contributed by atoms with Crippen molar-refractivity contribution in [1.82, 2.24) is 14.5 Å². The largest absolute Gasteiger partial charge is 0.478 e. The minimum absolute atomic E-state index is 0.264. The van der Waals surface area contributed by atoms with Gasteiger partial charge < -0.3 is 9.67 Å². The molecule has 1 N–H and O–H groups in total. The number of hydrogen-bond acceptors (Lipinski definition) is 4. The van der Waals surface area contributed by atoms with Crippen LogP contribution >= 0.6 is 11.8 Å². The molecule has 0 fully saturated rings. The zero-order chi connectivity index (χ0) is 19.5. The number of rotatable bonds is 6. The molecule has 0 saturated heterocycles. The van der Waals surface area contributed by atoms with Crippen molar-refractivity contribution in [3.63, 3.8) is 0 Å². The van der Waals surface area contributed by atoms with Gasteiger partial charge in [-0.05, 0) is 41.5 Å². The van der Waals surface area contributed by atoms with Crippen LogP contribution in [0.2, 0.25) is 0 Å². The fraction of sp³-hybridized carbons (Fsp3) is 0.0952. The number of benzene rings is 2. The molecule has 2 aromatic heterocycles. The molecule has 2 aromatic carbocycles. The second-order valence-electron chi connectivity index (χ2n) is 6.26. The average Bonchev–Trinajstić information content (AvgIpc) is 3.06. The van der Waals surface area contributed by atoms with E-state index in [-0.39, 0.29) is 11.4 Å². The maximum Gasteiger partial charge on any atom is 0.335 e. The molecule has 0 unspecified atom stereocenters. The highest BCUT2D eigenvalue weighted by Crippen LogP contribution is 2.27. The van der Waals surface area contributed by atoms with Gasteiger partial charge in [0.05, 0.1) is 29.3 Å². The van der Waals surface area contributed by atoms with Crippen LogP contribution in [0.5, 0.6) is 0 Å². The van der Waals surface area contributed by atoms with Crippen LogP contribution in [-0.2, 0) is 12.3 Å². The highest BCUT2D eigenvalue weighted by molar-refractivity contribution is 7.98. The topological polar surface area (TPSA) is 68.0 Å². The minimum Gasteiger partial charge on any atom is -0.478 e. The van der Waals surface area contributed by atoms with Gasteiger partial charge in [0.2, 0.25) is 0 Å². The molecule has 4 rings (SSSR count). The van der Waals surface area contributed by atoms with Gasteiger partial charge in [0.15, 0.2) is 5.16 Å². The summed E-state index contributed by atoms with van der Waals surface area (Å²) in [6.45, 7) is 0.558. The number of halogens is 1. The zero-order valence-electron chi connectivity index (χ0n) is 14.7. The molecule has 0 amide bonds. The Hall–Kier alpha value is -3.19. The van der Waals surface area contributed by atoms with E-state index in [0.29, 0.717) is 12.3 Å². The third kappa shape index (κ3) is 3.89. The van der Waals surface area contributed by atoms with E-state index in [4.69, 9.17) is 10.1 Å². The highest BCUT2D eigenvalue weighted by atomic mass is 32.2. The molecule has 28 heavy (non-hydrogen) atoms. The molecule has 0 aliphatic rings. The number of fused-ring (bicyclic) bond motifs is 1. The standard InChI is InChI=1S/C21H16FN3O2S/c22-17-7-3-14(4-8-17)12-25-19-11-23-10-9-18(19)24-21(25)28-13-15-1-5-16(6-2-15)20(26)27/h1-11H,12-13H2,(H,26,27). The Labute approximate surface area is 164 Å². The number of carbonyl (C=O) groups is 1. The Morgan fingerprint density at radius 2 is 1.75 bits per heavy atom. The predicted octanol–water partition coefficient (Wildman–Crippen LogP) is 4.61. The van der Waals surface area contributed by atoms with Gasteiger partial charge in [0, 0.05) is 11.9 Å². The highest BCUT2D eigenvalue weighted by Gasteiger charge is 2.12. The minimum atomic E-state index is -0.937. The summed E-state index contributed by atoms with van der Waals surface area (Å²) < 4.78 is 15.3.